The molecular weight excluding hydrogens is 258 g/mol. The minimum atomic E-state index is -0.842. The van der Waals surface area contributed by atoms with Crippen molar-refractivity contribution in [1.29, 1.82) is 0 Å². The zero-order valence-electron chi connectivity index (χ0n) is 12.2. The van der Waals surface area contributed by atoms with E-state index in [9.17, 15) is 9.59 Å². The zero-order valence-corrected chi connectivity index (χ0v) is 12.2. The normalized spacial score (nSPS) is 28.4. The van der Waals surface area contributed by atoms with Crippen LogP contribution in [0.3, 0.4) is 0 Å². The number of hydrogen-bond acceptors (Lipinski definition) is 3. The van der Waals surface area contributed by atoms with Gasteiger partial charge in [-0.15, -0.1) is 0 Å². The lowest BCUT2D eigenvalue weighted by Crippen LogP contribution is -2.41. The second kappa shape index (κ2) is 7.07. The molecule has 0 bridgehead atoms. The van der Waals surface area contributed by atoms with Gasteiger partial charge in [-0.3, -0.25) is 9.59 Å². The molecule has 114 valence electrons. The van der Waals surface area contributed by atoms with Crippen molar-refractivity contribution in [2.75, 3.05) is 13.7 Å². The average molecular weight is 283 g/mol. The van der Waals surface area contributed by atoms with E-state index < -0.39 is 5.97 Å². The fourth-order valence-corrected chi connectivity index (χ4v) is 3.47. The summed E-state index contributed by atoms with van der Waals surface area (Å²) in [5.74, 6) is -0.604. The van der Waals surface area contributed by atoms with Gasteiger partial charge in [-0.1, -0.05) is 25.7 Å². The Balaban J connectivity index is 2.02. The van der Waals surface area contributed by atoms with E-state index in [2.05, 4.69) is 0 Å². The maximum absolute atomic E-state index is 12.7. The summed E-state index contributed by atoms with van der Waals surface area (Å²) in [4.78, 5) is 25.4. The summed E-state index contributed by atoms with van der Waals surface area (Å²) in [6.07, 6.45) is 7.20. The number of carbonyl (C=O) groups excluding carboxylic acids is 1. The summed E-state index contributed by atoms with van der Waals surface area (Å²) in [7, 11) is 1.63. The van der Waals surface area contributed by atoms with Gasteiger partial charge in [0.05, 0.1) is 12.5 Å². The van der Waals surface area contributed by atoms with Crippen molar-refractivity contribution in [3.8, 4) is 0 Å². The molecule has 5 heteroatoms. The minimum Gasteiger partial charge on any atom is -0.481 e. The monoisotopic (exact) mass is 283 g/mol. The van der Waals surface area contributed by atoms with Crippen molar-refractivity contribution in [1.82, 2.24) is 4.90 Å². The van der Waals surface area contributed by atoms with Crippen LogP contribution in [0.25, 0.3) is 0 Å². The minimum absolute atomic E-state index is 0.0194. The number of rotatable bonds is 4. The van der Waals surface area contributed by atoms with Gasteiger partial charge in [-0.25, -0.2) is 0 Å². The highest BCUT2D eigenvalue weighted by Crippen LogP contribution is 2.29. The van der Waals surface area contributed by atoms with Crippen LogP contribution >= 0.6 is 0 Å². The van der Waals surface area contributed by atoms with Crippen molar-refractivity contribution in [3.63, 3.8) is 0 Å². The Morgan fingerprint density at radius 3 is 2.40 bits per heavy atom. The largest absolute Gasteiger partial charge is 0.481 e. The van der Waals surface area contributed by atoms with Crippen LogP contribution in [0.1, 0.15) is 51.4 Å². The molecule has 1 aliphatic carbocycles. The summed E-state index contributed by atoms with van der Waals surface area (Å²) in [5.41, 5.74) is 0. The molecule has 1 amide bonds. The number of ether oxygens (including phenoxy) is 1. The van der Waals surface area contributed by atoms with Crippen molar-refractivity contribution in [2.24, 2.45) is 5.92 Å². The molecule has 2 unspecified atom stereocenters. The van der Waals surface area contributed by atoms with E-state index in [0.717, 1.165) is 25.7 Å². The number of methoxy groups -OCH3 is 1. The van der Waals surface area contributed by atoms with Crippen molar-refractivity contribution >= 4 is 11.9 Å². The number of carboxylic acids is 1. The van der Waals surface area contributed by atoms with Crippen molar-refractivity contribution in [3.05, 3.63) is 0 Å². The van der Waals surface area contributed by atoms with Crippen LogP contribution in [-0.4, -0.2) is 47.7 Å². The molecule has 0 aromatic carbocycles. The fraction of sp³-hybridized carbons (Fsp3) is 0.867. The van der Waals surface area contributed by atoms with Crippen LogP contribution in [0.5, 0.6) is 0 Å². The molecule has 1 N–H and O–H groups in total. The van der Waals surface area contributed by atoms with Crippen LogP contribution in [0, 0.1) is 5.92 Å². The summed E-state index contributed by atoms with van der Waals surface area (Å²) in [6.45, 7) is 0.545. The summed E-state index contributed by atoms with van der Waals surface area (Å²) >= 11 is 0. The molecule has 1 heterocycles. The van der Waals surface area contributed by atoms with E-state index in [1.165, 1.54) is 12.8 Å². The number of likely N-dealkylation sites (tertiary alicyclic amines) is 1. The highest BCUT2D eigenvalue weighted by molar-refractivity contribution is 5.80. The lowest BCUT2D eigenvalue weighted by atomic mass is 9.98. The average Bonchev–Trinajstić information content (AvgIpc) is 2.63. The Hall–Kier alpha value is -1.10. The molecule has 5 nitrogen and oxygen atoms in total. The Morgan fingerprint density at radius 2 is 1.85 bits per heavy atom. The first-order valence-corrected chi connectivity index (χ1v) is 7.67. The molecule has 0 aromatic rings. The van der Waals surface area contributed by atoms with E-state index in [1.807, 2.05) is 0 Å². The molecule has 20 heavy (non-hydrogen) atoms. The maximum atomic E-state index is 12.7. The predicted molar refractivity (Wildman–Crippen MR) is 74.4 cm³/mol. The van der Waals surface area contributed by atoms with Gasteiger partial charge in [0, 0.05) is 25.6 Å². The van der Waals surface area contributed by atoms with Gasteiger partial charge in [-0.05, 0) is 19.3 Å². The van der Waals surface area contributed by atoms with E-state index >= 15 is 0 Å². The maximum Gasteiger partial charge on any atom is 0.305 e. The Kier molecular flexibility index (Phi) is 5.40. The van der Waals surface area contributed by atoms with Crippen molar-refractivity contribution in [2.45, 2.75) is 63.5 Å². The third-order valence-electron chi connectivity index (χ3n) is 4.61. The van der Waals surface area contributed by atoms with Crippen LogP contribution < -0.4 is 0 Å². The zero-order chi connectivity index (χ0) is 14.5. The Morgan fingerprint density at radius 1 is 1.20 bits per heavy atom. The summed E-state index contributed by atoms with van der Waals surface area (Å²) < 4.78 is 5.33. The Labute approximate surface area is 120 Å². The highest BCUT2D eigenvalue weighted by Gasteiger charge is 2.38. The Bertz CT molecular complexity index is 350. The lowest BCUT2D eigenvalue weighted by molar-refractivity contribution is -0.141. The van der Waals surface area contributed by atoms with E-state index in [1.54, 1.807) is 12.0 Å². The molecule has 1 saturated carbocycles. The number of nitrogens with zero attached hydrogens (tertiary/aromatic N) is 1. The van der Waals surface area contributed by atoms with Gasteiger partial charge in [0.2, 0.25) is 5.91 Å². The third-order valence-corrected chi connectivity index (χ3v) is 4.61. The van der Waals surface area contributed by atoms with Crippen LogP contribution in [0.15, 0.2) is 0 Å². The molecule has 2 atom stereocenters. The predicted octanol–water partition coefficient (Wildman–Crippen LogP) is 2.05. The molecule has 1 aliphatic heterocycles. The number of aliphatic carboxylic acids is 1. The molecule has 1 saturated heterocycles. The first kappa shape index (κ1) is 15.3. The quantitative estimate of drug-likeness (QED) is 0.802. The number of hydrogen-bond donors (Lipinski definition) is 1. The SMILES string of the molecule is COC1CC(CC(=O)O)N(C(=O)C2CCCCCC2)C1. The second-order valence-corrected chi connectivity index (χ2v) is 6.02. The van der Waals surface area contributed by atoms with E-state index in [0.29, 0.717) is 13.0 Å². The summed E-state index contributed by atoms with van der Waals surface area (Å²) in [6, 6.07) is -0.201. The van der Waals surface area contributed by atoms with Gasteiger partial charge in [-0.2, -0.15) is 0 Å². The number of amides is 1. The van der Waals surface area contributed by atoms with Crippen LogP contribution in [0.4, 0.5) is 0 Å². The standard InChI is InChI=1S/C15H25NO4/c1-20-13-8-12(9-14(17)18)16(10-13)15(19)11-6-4-2-3-5-7-11/h11-13H,2-10H2,1H3,(H,17,18). The smallest absolute Gasteiger partial charge is 0.305 e. The second-order valence-electron chi connectivity index (χ2n) is 6.02. The number of carbonyl (C=O) groups is 2. The topological polar surface area (TPSA) is 66.8 Å². The van der Waals surface area contributed by atoms with Crippen LogP contribution in [0.2, 0.25) is 0 Å². The highest BCUT2D eigenvalue weighted by atomic mass is 16.5. The number of carboxylic acid groups (broad SMARTS) is 1. The molecule has 2 aliphatic rings. The molecule has 0 spiro atoms. The van der Waals surface area contributed by atoms with Crippen molar-refractivity contribution < 1.29 is 19.4 Å². The van der Waals surface area contributed by atoms with E-state index in [-0.39, 0.29) is 30.4 Å². The molecule has 0 aromatic heterocycles. The molecule has 2 fully saturated rings. The van der Waals surface area contributed by atoms with Crippen LogP contribution in [-0.2, 0) is 14.3 Å². The first-order valence-electron chi connectivity index (χ1n) is 7.67. The summed E-state index contributed by atoms with van der Waals surface area (Å²) in [5, 5.41) is 9.01. The van der Waals surface area contributed by atoms with Gasteiger partial charge in [0.15, 0.2) is 0 Å². The van der Waals surface area contributed by atoms with Gasteiger partial charge < -0.3 is 14.7 Å². The van der Waals surface area contributed by atoms with Gasteiger partial charge >= 0.3 is 5.97 Å². The molecule has 0 radical (unpaired) electrons. The lowest BCUT2D eigenvalue weighted by Gasteiger charge is -2.27. The molecule has 2 rings (SSSR count). The van der Waals surface area contributed by atoms with E-state index in [4.69, 9.17) is 9.84 Å². The fourth-order valence-electron chi connectivity index (χ4n) is 3.47. The first-order chi connectivity index (χ1) is 9.61. The third kappa shape index (κ3) is 3.72. The van der Waals surface area contributed by atoms with Gasteiger partial charge in [0.1, 0.15) is 0 Å². The van der Waals surface area contributed by atoms with Gasteiger partial charge in [0.25, 0.3) is 0 Å². The molecular formula is C15H25NO4.